The third kappa shape index (κ3) is 6.60. The molecule has 2 amide bonds. The number of carbonyl (C=O) groups excluding carboxylic acids is 1. The number of nitrogens with one attached hydrogen (secondary N) is 2. The van der Waals surface area contributed by atoms with Crippen LogP contribution in [0.5, 0.6) is 0 Å². The van der Waals surface area contributed by atoms with Gasteiger partial charge in [-0.2, -0.15) is 0 Å². The van der Waals surface area contributed by atoms with E-state index < -0.39 is 0 Å². The highest BCUT2D eigenvalue weighted by Crippen LogP contribution is 2.13. The number of hydrogen-bond donors (Lipinski definition) is 2. The number of urea groups is 1. The molecule has 0 aliphatic heterocycles. The van der Waals surface area contributed by atoms with Crippen LogP contribution in [0.4, 0.5) is 4.79 Å². The van der Waals surface area contributed by atoms with Crippen LogP contribution < -0.4 is 10.6 Å². The fraction of sp³-hybridized carbons (Fsp3) is 0.588. The van der Waals surface area contributed by atoms with Gasteiger partial charge in [0.05, 0.1) is 0 Å². The monoisotopic (exact) mass is 276 g/mol. The van der Waals surface area contributed by atoms with Gasteiger partial charge in [-0.05, 0) is 45.1 Å². The standard InChI is InChI=1S/C17H28N2O/c1-13(2)10-11-18-16(20)19-17(4,5)12-15-8-6-14(3)7-9-15/h6-9,13H,10-12H2,1-5H3,(H2,18,19,20). The van der Waals surface area contributed by atoms with Crippen LogP contribution in [-0.4, -0.2) is 18.1 Å². The Hall–Kier alpha value is -1.51. The van der Waals surface area contributed by atoms with E-state index in [1.807, 2.05) is 0 Å². The fourth-order valence-electron chi connectivity index (χ4n) is 2.09. The molecule has 0 atom stereocenters. The Morgan fingerprint density at radius 2 is 1.80 bits per heavy atom. The molecule has 3 nitrogen and oxygen atoms in total. The molecule has 112 valence electrons. The van der Waals surface area contributed by atoms with E-state index in [-0.39, 0.29) is 11.6 Å². The summed E-state index contributed by atoms with van der Waals surface area (Å²) in [5.74, 6) is 0.607. The summed E-state index contributed by atoms with van der Waals surface area (Å²) < 4.78 is 0. The molecule has 0 aromatic heterocycles. The zero-order chi connectivity index (χ0) is 15.2. The summed E-state index contributed by atoms with van der Waals surface area (Å²) in [5.41, 5.74) is 2.24. The van der Waals surface area contributed by atoms with Crippen LogP contribution in [0, 0.1) is 12.8 Å². The molecule has 0 saturated carbocycles. The van der Waals surface area contributed by atoms with Crippen molar-refractivity contribution in [1.29, 1.82) is 0 Å². The second-order valence-corrected chi connectivity index (χ2v) is 6.61. The normalized spacial score (nSPS) is 11.5. The minimum Gasteiger partial charge on any atom is -0.338 e. The van der Waals surface area contributed by atoms with E-state index in [2.05, 4.69) is 69.5 Å². The van der Waals surface area contributed by atoms with Gasteiger partial charge in [0.25, 0.3) is 0 Å². The molecule has 1 rings (SSSR count). The molecule has 3 heteroatoms. The van der Waals surface area contributed by atoms with Crippen LogP contribution >= 0.6 is 0 Å². The van der Waals surface area contributed by atoms with E-state index in [9.17, 15) is 4.79 Å². The maximum Gasteiger partial charge on any atom is 0.315 e. The quantitative estimate of drug-likeness (QED) is 0.818. The van der Waals surface area contributed by atoms with E-state index in [0.29, 0.717) is 5.92 Å². The van der Waals surface area contributed by atoms with Crippen molar-refractivity contribution >= 4 is 6.03 Å². The highest BCUT2D eigenvalue weighted by atomic mass is 16.2. The Labute approximate surface area is 123 Å². The largest absolute Gasteiger partial charge is 0.338 e. The Morgan fingerprint density at radius 3 is 2.35 bits per heavy atom. The van der Waals surface area contributed by atoms with Crippen LogP contribution in [0.25, 0.3) is 0 Å². The van der Waals surface area contributed by atoms with Crippen LogP contribution in [0.1, 0.15) is 45.2 Å². The summed E-state index contributed by atoms with van der Waals surface area (Å²) in [6.07, 6.45) is 1.83. The molecule has 0 spiro atoms. The lowest BCUT2D eigenvalue weighted by molar-refractivity contribution is 0.229. The van der Waals surface area contributed by atoms with Crippen LogP contribution in [0.3, 0.4) is 0 Å². The predicted octanol–water partition coefficient (Wildman–Crippen LogP) is 3.66. The zero-order valence-electron chi connectivity index (χ0n) is 13.4. The van der Waals surface area contributed by atoms with Gasteiger partial charge in [0.15, 0.2) is 0 Å². The average molecular weight is 276 g/mol. The molecule has 0 radical (unpaired) electrons. The molecule has 0 bridgehead atoms. The Bertz CT molecular complexity index is 421. The van der Waals surface area contributed by atoms with Crippen LogP contribution in [0.15, 0.2) is 24.3 Å². The maximum atomic E-state index is 11.9. The summed E-state index contributed by atoms with van der Waals surface area (Å²) in [4.78, 5) is 11.9. The summed E-state index contributed by atoms with van der Waals surface area (Å²) in [5, 5.41) is 5.96. The lowest BCUT2D eigenvalue weighted by atomic mass is 9.94. The van der Waals surface area contributed by atoms with Gasteiger partial charge in [-0.3, -0.25) is 0 Å². The smallest absolute Gasteiger partial charge is 0.315 e. The first-order chi connectivity index (χ1) is 9.28. The van der Waals surface area contributed by atoms with Gasteiger partial charge in [-0.15, -0.1) is 0 Å². The molecule has 0 fully saturated rings. The Balaban J connectivity index is 2.43. The van der Waals surface area contributed by atoms with E-state index >= 15 is 0 Å². The predicted molar refractivity (Wildman–Crippen MR) is 85.0 cm³/mol. The van der Waals surface area contributed by atoms with E-state index in [1.54, 1.807) is 0 Å². The molecule has 20 heavy (non-hydrogen) atoms. The fourth-order valence-corrected chi connectivity index (χ4v) is 2.09. The molecule has 0 aliphatic carbocycles. The highest BCUT2D eigenvalue weighted by Gasteiger charge is 2.20. The molecular weight excluding hydrogens is 248 g/mol. The SMILES string of the molecule is Cc1ccc(CC(C)(C)NC(=O)NCCC(C)C)cc1. The van der Waals surface area contributed by atoms with Crippen molar-refractivity contribution in [1.82, 2.24) is 10.6 Å². The summed E-state index contributed by atoms with van der Waals surface area (Å²) in [6.45, 7) is 11.2. The molecule has 2 N–H and O–H groups in total. The highest BCUT2D eigenvalue weighted by molar-refractivity contribution is 5.74. The number of aryl methyl sites for hydroxylation is 1. The van der Waals surface area contributed by atoms with Gasteiger partial charge in [0.2, 0.25) is 0 Å². The van der Waals surface area contributed by atoms with Crippen LogP contribution in [0.2, 0.25) is 0 Å². The van der Waals surface area contributed by atoms with E-state index in [0.717, 1.165) is 19.4 Å². The van der Waals surface area contributed by atoms with Gasteiger partial charge < -0.3 is 10.6 Å². The van der Waals surface area contributed by atoms with Crippen molar-refractivity contribution in [3.05, 3.63) is 35.4 Å². The Kier molecular flexibility index (Phi) is 6.05. The second kappa shape index (κ2) is 7.32. The van der Waals surface area contributed by atoms with Gasteiger partial charge >= 0.3 is 6.03 Å². The summed E-state index contributed by atoms with van der Waals surface area (Å²) in [7, 11) is 0. The lowest BCUT2D eigenvalue weighted by Gasteiger charge is -2.26. The maximum absolute atomic E-state index is 11.9. The minimum absolute atomic E-state index is 0.0808. The Morgan fingerprint density at radius 1 is 1.20 bits per heavy atom. The third-order valence-electron chi connectivity index (χ3n) is 3.23. The third-order valence-corrected chi connectivity index (χ3v) is 3.23. The van der Waals surface area contributed by atoms with Gasteiger partial charge in [0, 0.05) is 12.1 Å². The number of amides is 2. The van der Waals surface area contributed by atoms with Gasteiger partial charge in [-0.25, -0.2) is 4.79 Å². The summed E-state index contributed by atoms with van der Waals surface area (Å²) >= 11 is 0. The average Bonchev–Trinajstić information content (AvgIpc) is 2.30. The van der Waals surface area contributed by atoms with E-state index in [4.69, 9.17) is 0 Å². The minimum atomic E-state index is -0.253. The second-order valence-electron chi connectivity index (χ2n) is 6.61. The summed E-state index contributed by atoms with van der Waals surface area (Å²) in [6, 6.07) is 8.37. The molecule has 0 aliphatic rings. The molecule has 1 aromatic rings. The zero-order valence-corrected chi connectivity index (χ0v) is 13.4. The van der Waals surface area contributed by atoms with Crippen molar-refractivity contribution in [3.8, 4) is 0 Å². The number of hydrogen-bond acceptors (Lipinski definition) is 1. The van der Waals surface area contributed by atoms with Crippen molar-refractivity contribution in [2.75, 3.05) is 6.54 Å². The molecule has 0 unspecified atom stereocenters. The van der Waals surface area contributed by atoms with Crippen molar-refractivity contribution in [2.45, 2.75) is 53.0 Å². The molecule has 0 saturated heterocycles. The first-order valence-corrected chi connectivity index (χ1v) is 7.40. The van der Waals surface area contributed by atoms with E-state index in [1.165, 1.54) is 11.1 Å². The number of benzene rings is 1. The molecule has 0 heterocycles. The first-order valence-electron chi connectivity index (χ1n) is 7.40. The number of rotatable bonds is 6. The molecule has 1 aromatic carbocycles. The van der Waals surface area contributed by atoms with Gasteiger partial charge in [0.1, 0.15) is 0 Å². The topological polar surface area (TPSA) is 41.1 Å². The van der Waals surface area contributed by atoms with Gasteiger partial charge in [-0.1, -0.05) is 43.7 Å². The van der Waals surface area contributed by atoms with Crippen molar-refractivity contribution in [3.63, 3.8) is 0 Å². The first kappa shape index (κ1) is 16.5. The number of carbonyl (C=O) groups is 1. The lowest BCUT2D eigenvalue weighted by Crippen LogP contribution is -2.49. The van der Waals surface area contributed by atoms with Crippen molar-refractivity contribution in [2.24, 2.45) is 5.92 Å². The van der Waals surface area contributed by atoms with Crippen molar-refractivity contribution < 1.29 is 4.79 Å². The molecular formula is C17H28N2O. The van der Waals surface area contributed by atoms with Crippen LogP contribution in [-0.2, 0) is 6.42 Å².